The van der Waals surface area contributed by atoms with Gasteiger partial charge >= 0.3 is 0 Å². The second-order valence-electron chi connectivity index (χ2n) is 3.83. The third-order valence-electron chi connectivity index (χ3n) is 2.72. The summed E-state index contributed by atoms with van der Waals surface area (Å²) in [5.41, 5.74) is 1.85. The molecule has 88 valence electrons. The highest BCUT2D eigenvalue weighted by atomic mass is 79.9. The third kappa shape index (κ3) is 2.69. The molecule has 1 nitrogen and oxygen atoms in total. The fourth-order valence-corrected chi connectivity index (χ4v) is 2.33. The summed E-state index contributed by atoms with van der Waals surface area (Å²) in [6.45, 7) is 0. The molecule has 0 aliphatic heterocycles. The normalized spacial score (nSPS) is 9.56. The molecule has 0 saturated carbocycles. The van der Waals surface area contributed by atoms with Gasteiger partial charge < -0.3 is 0 Å². The molecule has 0 saturated heterocycles. The molecule has 0 N–H and O–H groups in total. The van der Waals surface area contributed by atoms with Crippen molar-refractivity contribution in [3.8, 4) is 6.07 Å². The largest absolute Gasteiger partial charge is 0.192 e. The number of nitriles is 1. The Kier molecular flexibility index (Phi) is 4.33. The molecule has 0 aliphatic carbocycles. The molecule has 0 aliphatic rings. The van der Waals surface area contributed by atoms with E-state index < -0.39 is 0 Å². The Balaban J connectivity index is 2.99. The molecule has 0 bridgehead atoms. The van der Waals surface area contributed by atoms with Gasteiger partial charge in [-0.15, -0.1) is 0 Å². The van der Waals surface area contributed by atoms with Crippen molar-refractivity contribution >= 4 is 26.7 Å². The number of nitrogens with zero attached hydrogens (tertiary/aromatic N) is 1. The second kappa shape index (κ2) is 6.18. The minimum atomic E-state index is 0.684. The Hall–Kier alpha value is -1.85. The molecule has 2 aromatic rings. The zero-order valence-electron chi connectivity index (χ0n) is 9.81. The van der Waals surface area contributed by atoms with E-state index in [4.69, 9.17) is 0 Å². The lowest BCUT2D eigenvalue weighted by Crippen LogP contribution is -1.81. The van der Waals surface area contributed by atoms with Crippen LogP contribution < -0.4 is 0 Å². The molecule has 0 amide bonds. The highest BCUT2D eigenvalue weighted by Crippen LogP contribution is 2.20. The lowest BCUT2D eigenvalue weighted by molar-refractivity contribution is 1.48. The van der Waals surface area contributed by atoms with Gasteiger partial charge in [-0.3, -0.25) is 0 Å². The number of fused-ring (bicyclic) bond motifs is 1. The fraction of sp³-hybridized carbons (Fsp3) is 0.0625. The Bertz CT molecular complexity index is 654. The minimum absolute atomic E-state index is 0.684. The van der Waals surface area contributed by atoms with Crippen LogP contribution in [0.15, 0.2) is 60.7 Å². The first kappa shape index (κ1) is 12.6. The van der Waals surface area contributed by atoms with Crippen LogP contribution in [0.2, 0.25) is 0 Å². The van der Waals surface area contributed by atoms with E-state index in [1.165, 1.54) is 5.56 Å². The Labute approximate surface area is 115 Å². The Morgan fingerprint density at radius 1 is 0.833 bits per heavy atom. The summed E-state index contributed by atoms with van der Waals surface area (Å²) in [5.74, 6) is 0. The summed E-state index contributed by atoms with van der Waals surface area (Å²) in [6.07, 6.45) is 0. The number of rotatable bonds is 1. The lowest BCUT2D eigenvalue weighted by atomic mass is 10.0. The Morgan fingerprint density at radius 2 is 1.44 bits per heavy atom. The number of benzene rings is 1. The first-order valence-corrected chi connectivity index (χ1v) is 6.79. The maximum Gasteiger partial charge on any atom is 0.0998 e. The average molecular weight is 298 g/mol. The molecule has 2 heteroatoms. The van der Waals surface area contributed by atoms with E-state index in [-0.39, 0.29) is 0 Å². The first-order valence-electron chi connectivity index (χ1n) is 5.67. The van der Waals surface area contributed by atoms with Crippen molar-refractivity contribution in [2.24, 2.45) is 0 Å². The van der Waals surface area contributed by atoms with Crippen molar-refractivity contribution in [3.63, 3.8) is 0 Å². The van der Waals surface area contributed by atoms with E-state index in [9.17, 15) is 5.26 Å². The van der Waals surface area contributed by atoms with E-state index in [0.29, 0.717) is 5.56 Å². The molecule has 2 aromatic carbocycles. The van der Waals surface area contributed by atoms with Crippen molar-refractivity contribution in [1.29, 1.82) is 5.26 Å². The molecule has 0 spiro atoms. The molecule has 0 heterocycles. The molecular weight excluding hydrogens is 286 g/mol. The minimum Gasteiger partial charge on any atom is -0.192 e. The van der Waals surface area contributed by atoms with Crippen molar-refractivity contribution in [2.45, 2.75) is 5.33 Å². The summed E-state index contributed by atoms with van der Waals surface area (Å²) in [4.78, 5) is 0. The van der Waals surface area contributed by atoms with Crippen molar-refractivity contribution in [2.75, 3.05) is 0 Å². The zero-order chi connectivity index (χ0) is 12.8. The van der Waals surface area contributed by atoms with Crippen LogP contribution in [0.5, 0.6) is 0 Å². The predicted octanol–water partition coefficient (Wildman–Crippen LogP) is 4.73. The van der Waals surface area contributed by atoms with E-state index in [1.807, 2.05) is 54.6 Å². The number of halogens is 1. The van der Waals surface area contributed by atoms with Crippen LogP contribution >= 0.6 is 15.9 Å². The predicted molar refractivity (Wildman–Crippen MR) is 78.9 cm³/mol. The SMILES string of the molecule is N#Cc1ccccccc(CBr)c2ccccc12. The maximum atomic E-state index is 9.27. The van der Waals surface area contributed by atoms with Crippen LogP contribution in [0.25, 0.3) is 10.8 Å². The van der Waals surface area contributed by atoms with Gasteiger partial charge in [0.1, 0.15) is 0 Å². The van der Waals surface area contributed by atoms with Gasteiger partial charge in [0, 0.05) is 5.33 Å². The van der Waals surface area contributed by atoms with E-state index in [2.05, 4.69) is 28.1 Å². The smallest absolute Gasteiger partial charge is 0.0998 e. The third-order valence-corrected chi connectivity index (χ3v) is 3.33. The van der Waals surface area contributed by atoms with Gasteiger partial charge in [-0.2, -0.15) is 5.26 Å². The number of alkyl halides is 1. The van der Waals surface area contributed by atoms with Crippen LogP contribution in [0.3, 0.4) is 0 Å². The molecule has 18 heavy (non-hydrogen) atoms. The van der Waals surface area contributed by atoms with Gasteiger partial charge in [0.2, 0.25) is 0 Å². The van der Waals surface area contributed by atoms with Crippen molar-refractivity contribution < 1.29 is 0 Å². The van der Waals surface area contributed by atoms with Crippen LogP contribution in [-0.2, 0) is 5.33 Å². The molecule has 0 aromatic heterocycles. The quantitative estimate of drug-likeness (QED) is 0.698. The number of hydrogen-bond donors (Lipinski definition) is 0. The van der Waals surface area contributed by atoms with Crippen LogP contribution in [0, 0.1) is 11.3 Å². The average Bonchev–Trinajstić information content (AvgIpc) is 2.43. The summed E-state index contributed by atoms with van der Waals surface area (Å²) < 4.78 is 0. The summed E-state index contributed by atoms with van der Waals surface area (Å²) in [7, 11) is 0. The molecular formula is C16H12BrN. The van der Waals surface area contributed by atoms with Crippen molar-refractivity contribution in [1.82, 2.24) is 0 Å². The second-order valence-corrected chi connectivity index (χ2v) is 4.39. The topological polar surface area (TPSA) is 23.8 Å². The maximum absolute atomic E-state index is 9.27. The van der Waals surface area contributed by atoms with Gasteiger partial charge in [0.25, 0.3) is 0 Å². The van der Waals surface area contributed by atoms with E-state index in [1.54, 1.807) is 0 Å². The summed E-state index contributed by atoms with van der Waals surface area (Å²) in [5, 5.41) is 12.1. The summed E-state index contributed by atoms with van der Waals surface area (Å²) >= 11 is 3.51. The molecule has 0 fully saturated rings. The molecule has 0 atom stereocenters. The van der Waals surface area contributed by atoms with Gasteiger partial charge in [-0.05, 0) is 22.4 Å². The summed E-state index contributed by atoms with van der Waals surface area (Å²) in [6, 6.07) is 22.0. The highest BCUT2D eigenvalue weighted by molar-refractivity contribution is 9.08. The standard InChI is InChI=1S/C16H12BrN/c17-11-13-7-3-1-2-4-8-14(12-18)16-10-6-5-9-15(13)16/h1-10H,11H2. The van der Waals surface area contributed by atoms with Gasteiger partial charge in [-0.25, -0.2) is 0 Å². The van der Waals surface area contributed by atoms with Gasteiger partial charge in [0.05, 0.1) is 11.6 Å². The van der Waals surface area contributed by atoms with Crippen LogP contribution in [0.1, 0.15) is 11.1 Å². The fourth-order valence-electron chi connectivity index (χ4n) is 1.84. The first-order chi connectivity index (χ1) is 8.86. The monoisotopic (exact) mass is 297 g/mol. The molecule has 2 rings (SSSR count). The molecule has 0 unspecified atom stereocenters. The Morgan fingerprint density at radius 3 is 2.11 bits per heavy atom. The highest BCUT2D eigenvalue weighted by Gasteiger charge is 1.99. The lowest BCUT2D eigenvalue weighted by Gasteiger charge is -2.01. The van der Waals surface area contributed by atoms with Crippen LogP contribution in [-0.4, -0.2) is 0 Å². The molecule has 0 radical (unpaired) electrons. The van der Waals surface area contributed by atoms with E-state index in [0.717, 1.165) is 16.1 Å². The van der Waals surface area contributed by atoms with Gasteiger partial charge in [0.15, 0.2) is 0 Å². The van der Waals surface area contributed by atoms with E-state index >= 15 is 0 Å². The zero-order valence-corrected chi connectivity index (χ0v) is 11.4. The van der Waals surface area contributed by atoms with Crippen LogP contribution in [0.4, 0.5) is 0 Å². The van der Waals surface area contributed by atoms with Crippen molar-refractivity contribution in [3.05, 3.63) is 71.8 Å². The van der Waals surface area contributed by atoms with Gasteiger partial charge in [-0.1, -0.05) is 70.5 Å². The number of hydrogen-bond acceptors (Lipinski definition) is 1.